The molecule has 0 saturated heterocycles. The van der Waals surface area contributed by atoms with Crippen molar-refractivity contribution in [3.05, 3.63) is 35.4 Å². The van der Waals surface area contributed by atoms with Gasteiger partial charge in [-0.25, -0.2) is 4.79 Å². The molecule has 0 heterocycles. The molecule has 4 nitrogen and oxygen atoms in total. The minimum atomic E-state index is -5.26. The SMILES string of the molecule is O=C(O)C(Cc1ccc(C(F)(F)F)cc1)NC(=O)C(F)(F)F. The predicted octanol–water partition coefficient (Wildman–Crippen LogP) is 2.38. The summed E-state index contributed by atoms with van der Waals surface area (Å²) in [6, 6.07) is 1.28. The lowest BCUT2D eigenvalue weighted by molar-refractivity contribution is -0.175. The van der Waals surface area contributed by atoms with Gasteiger partial charge in [-0.3, -0.25) is 4.79 Å². The summed E-state index contributed by atoms with van der Waals surface area (Å²) in [7, 11) is 0. The van der Waals surface area contributed by atoms with Crippen molar-refractivity contribution in [2.45, 2.75) is 24.8 Å². The third-order valence-corrected chi connectivity index (χ3v) is 2.58. The number of rotatable bonds is 4. The molecule has 0 aliphatic heterocycles. The minimum absolute atomic E-state index is 0.0304. The third kappa shape index (κ3) is 4.93. The van der Waals surface area contributed by atoms with Crippen LogP contribution >= 0.6 is 0 Å². The second-order valence-corrected chi connectivity index (χ2v) is 4.26. The van der Waals surface area contributed by atoms with Crippen molar-refractivity contribution < 1.29 is 41.0 Å². The van der Waals surface area contributed by atoms with E-state index in [-0.39, 0.29) is 5.56 Å². The van der Waals surface area contributed by atoms with Gasteiger partial charge in [0, 0.05) is 6.42 Å². The number of hydrogen-bond donors (Lipinski definition) is 2. The zero-order chi connectivity index (χ0) is 17.1. The minimum Gasteiger partial charge on any atom is -0.480 e. The molecule has 22 heavy (non-hydrogen) atoms. The summed E-state index contributed by atoms with van der Waals surface area (Å²) < 4.78 is 73.2. The molecule has 0 saturated carbocycles. The van der Waals surface area contributed by atoms with Crippen LogP contribution < -0.4 is 5.32 Å². The van der Waals surface area contributed by atoms with Gasteiger partial charge in [0.15, 0.2) is 0 Å². The molecule has 0 bridgehead atoms. The molecule has 1 unspecified atom stereocenters. The van der Waals surface area contributed by atoms with Gasteiger partial charge in [-0.05, 0) is 17.7 Å². The molecule has 0 radical (unpaired) electrons. The Hall–Kier alpha value is -2.26. The standard InChI is InChI=1S/C12H9F6NO3/c13-11(14,15)7-3-1-6(2-4-7)5-8(9(20)21)19-10(22)12(16,17)18/h1-4,8H,5H2,(H,19,22)(H,20,21). The smallest absolute Gasteiger partial charge is 0.471 e. The Morgan fingerprint density at radius 1 is 1.05 bits per heavy atom. The molecule has 122 valence electrons. The largest absolute Gasteiger partial charge is 0.480 e. The monoisotopic (exact) mass is 329 g/mol. The van der Waals surface area contributed by atoms with Crippen LogP contribution in [0.2, 0.25) is 0 Å². The van der Waals surface area contributed by atoms with Crippen LogP contribution in [0, 0.1) is 0 Å². The second-order valence-electron chi connectivity index (χ2n) is 4.26. The van der Waals surface area contributed by atoms with E-state index < -0.39 is 42.3 Å². The number of aliphatic carboxylic acids is 1. The zero-order valence-electron chi connectivity index (χ0n) is 10.6. The fraction of sp³-hybridized carbons (Fsp3) is 0.333. The van der Waals surface area contributed by atoms with Crippen LogP contribution in [0.5, 0.6) is 0 Å². The number of halogens is 6. The Bertz CT molecular complexity index is 549. The summed E-state index contributed by atoms with van der Waals surface area (Å²) in [4.78, 5) is 21.5. The molecule has 10 heteroatoms. The van der Waals surface area contributed by atoms with Crippen molar-refractivity contribution in [2.24, 2.45) is 0 Å². The first-order valence-corrected chi connectivity index (χ1v) is 5.68. The summed E-state index contributed by atoms with van der Waals surface area (Å²) in [6.07, 6.45) is -10.4. The number of alkyl halides is 6. The number of carbonyl (C=O) groups excluding carboxylic acids is 1. The van der Waals surface area contributed by atoms with Gasteiger partial charge >= 0.3 is 24.2 Å². The molecule has 2 N–H and O–H groups in total. The predicted molar refractivity (Wildman–Crippen MR) is 60.8 cm³/mol. The molecule has 0 aliphatic carbocycles. The van der Waals surface area contributed by atoms with E-state index in [9.17, 15) is 35.9 Å². The van der Waals surface area contributed by atoms with E-state index in [1.54, 1.807) is 0 Å². The Labute approximate surface area is 119 Å². The van der Waals surface area contributed by atoms with Crippen molar-refractivity contribution in [3.8, 4) is 0 Å². The fourth-order valence-corrected chi connectivity index (χ4v) is 1.51. The number of carbonyl (C=O) groups is 2. The molecule has 1 atom stereocenters. The fourth-order valence-electron chi connectivity index (χ4n) is 1.51. The highest BCUT2D eigenvalue weighted by molar-refractivity contribution is 5.87. The average Bonchev–Trinajstić information content (AvgIpc) is 2.36. The van der Waals surface area contributed by atoms with Crippen molar-refractivity contribution in [2.75, 3.05) is 0 Å². The van der Waals surface area contributed by atoms with Crippen molar-refractivity contribution in [3.63, 3.8) is 0 Å². The van der Waals surface area contributed by atoms with E-state index >= 15 is 0 Å². The molecule has 1 amide bonds. The average molecular weight is 329 g/mol. The Kier molecular flexibility index (Phi) is 5.05. The maximum Gasteiger partial charge on any atom is 0.471 e. The molecule has 0 aliphatic rings. The first kappa shape index (κ1) is 17.8. The lowest BCUT2D eigenvalue weighted by Crippen LogP contribution is -2.47. The van der Waals surface area contributed by atoms with E-state index in [0.717, 1.165) is 12.1 Å². The van der Waals surface area contributed by atoms with E-state index in [1.807, 2.05) is 0 Å². The van der Waals surface area contributed by atoms with Crippen LogP contribution in [-0.4, -0.2) is 29.2 Å². The quantitative estimate of drug-likeness (QED) is 0.834. The Morgan fingerprint density at radius 3 is 1.91 bits per heavy atom. The van der Waals surface area contributed by atoms with E-state index in [4.69, 9.17) is 5.11 Å². The van der Waals surface area contributed by atoms with Crippen LogP contribution in [0.25, 0.3) is 0 Å². The van der Waals surface area contributed by atoms with Crippen molar-refractivity contribution >= 4 is 11.9 Å². The number of hydrogen-bond acceptors (Lipinski definition) is 2. The van der Waals surface area contributed by atoms with Crippen molar-refractivity contribution in [1.29, 1.82) is 0 Å². The van der Waals surface area contributed by atoms with E-state index in [0.29, 0.717) is 12.1 Å². The molecule has 1 aromatic carbocycles. The van der Waals surface area contributed by atoms with Gasteiger partial charge in [0.25, 0.3) is 0 Å². The van der Waals surface area contributed by atoms with Gasteiger partial charge < -0.3 is 10.4 Å². The normalized spacial score (nSPS) is 13.5. The van der Waals surface area contributed by atoms with Crippen LogP contribution in [0.15, 0.2) is 24.3 Å². The molecule has 0 spiro atoms. The number of nitrogens with one attached hydrogen (secondary N) is 1. The maximum atomic E-state index is 12.3. The van der Waals surface area contributed by atoms with Gasteiger partial charge in [0.1, 0.15) is 6.04 Å². The van der Waals surface area contributed by atoms with Gasteiger partial charge in [-0.2, -0.15) is 26.3 Å². The first-order valence-electron chi connectivity index (χ1n) is 5.68. The lowest BCUT2D eigenvalue weighted by Gasteiger charge is -2.16. The highest BCUT2D eigenvalue weighted by Gasteiger charge is 2.40. The second kappa shape index (κ2) is 6.24. The maximum absolute atomic E-state index is 12.3. The number of carboxylic acids is 1. The summed E-state index contributed by atoms with van der Waals surface area (Å²) in [6.45, 7) is 0. The molecular formula is C12H9F6NO3. The van der Waals surface area contributed by atoms with Crippen LogP contribution in [0.3, 0.4) is 0 Å². The summed E-state index contributed by atoms with van der Waals surface area (Å²) in [5.41, 5.74) is -0.953. The third-order valence-electron chi connectivity index (χ3n) is 2.58. The van der Waals surface area contributed by atoms with Crippen LogP contribution in [0.1, 0.15) is 11.1 Å². The Morgan fingerprint density at radius 2 is 1.55 bits per heavy atom. The van der Waals surface area contributed by atoms with Gasteiger partial charge in [-0.1, -0.05) is 12.1 Å². The Balaban J connectivity index is 2.84. The summed E-state index contributed by atoms with van der Waals surface area (Å²) in [5.74, 6) is -4.18. The summed E-state index contributed by atoms with van der Waals surface area (Å²) >= 11 is 0. The number of carboxylic acid groups (broad SMARTS) is 1. The summed E-state index contributed by atoms with van der Waals surface area (Å²) in [5, 5.41) is 10.0. The number of amides is 1. The van der Waals surface area contributed by atoms with Gasteiger partial charge in [0.2, 0.25) is 0 Å². The highest BCUT2D eigenvalue weighted by atomic mass is 19.4. The topological polar surface area (TPSA) is 66.4 Å². The zero-order valence-corrected chi connectivity index (χ0v) is 10.6. The number of benzene rings is 1. The van der Waals surface area contributed by atoms with E-state index in [2.05, 4.69) is 0 Å². The highest BCUT2D eigenvalue weighted by Crippen LogP contribution is 2.29. The lowest BCUT2D eigenvalue weighted by atomic mass is 10.0. The molecule has 1 aromatic rings. The van der Waals surface area contributed by atoms with Gasteiger partial charge in [0.05, 0.1) is 5.56 Å². The molecule has 1 rings (SSSR count). The molecule has 0 fully saturated rings. The van der Waals surface area contributed by atoms with Crippen LogP contribution in [-0.2, 0) is 22.2 Å². The molecule has 0 aromatic heterocycles. The molecular weight excluding hydrogens is 320 g/mol. The van der Waals surface area contributed by atoms with Crippen molar-refractivity contribution in [1.82, 2.24) is 5.32 Å². The van der Waals surface area contributed by atoms with Gasteiger partial charge in [-0.15, -0.1) is 0 Å². The first-order chi connectivity index (χ1) is 9.91. The van der Waals surface area contributed by atoms with E-state index in [1.165, 1.54) is 5.32 Å². The van der Waals surface area contributed by atoms with Crippen LogP contribution in [0.4, 0.5) is 26.3 Å².